The van der Waals surface area contributed by atoms with Gasteiger partial charge in [-0.3, -0.25) is 4.90 Å². The smallest absolute Gasteiger partial charge is 0.412 e. The predicted molar refractivity (Wildman–Crippen MR) is 129 cm³/mol. The molecule has 0 aliphatic carbocycles. The van der Waals surface area contributed by atoms with Crippen LogP contribution in [0, 0.1) is 5.92 Å². The Bertz CT molecular complexity index is 1290. The van der Waals surface area contributed by atoms with Crippen LogP contribution in [-0.2, 0) is 29.2 Å². The summed E-state index contributed by atoms with van der Waals surface area (Å²) < 4.78 is 26.1. The second-order valence-corrected chi connectivity index (χ2v) is 11.7. The maximum Gasteiger partial charge on any atom is 0.412 e. The van der Waals surface area contributed by atoms with Gasteiger partial charge in [0.05, 0.1) is 28.2 Å². The molecule has 1 fully saturated rings. The summed E-state index contributed by atoms with van der Waals surface area (Å²) in [5.74, 6) is 1.73. The topological polar surface area (TPSA) is 92.5 Å². The molecule has 2 aliphatic heterocycles. The fourth-order valence-corrected chi connectivity index (χ4v) is 6.85. The number of hydrogen-bond acceptors (Lipinski definition) is 4. The summed E-state index contributed by atoms with van der Waals surface area (Å²) >= 11 is 0. The van der Waals surface area contributed by atoms with Gasteiger partial charge in [-0.2, -0.15) is 0 Å². The van der Waals surface area contributed by atoms with Gasteiger partial charge in [-0.1, -0.05) is 30.3 Å². The van der Waals surface area contributed by atoms with Crippen molar-refractivity contribution in [3.63, 3.8) is 0 Å². The first-order valence-electron chi connectivity index (χ1n) is 11.6. The first kappa shape index (κ1) is 21.9. The molecule has 174 valence electrons. The molecular formula is C25H29N3O4S. The minimum absolute atomic E-state index is 0.0671. The molecule has 0 spiro atoms. The van der Waals surface area contributed by atoms with E-state index in [9.17, 15) is 18.3 Å². The zero-order valence-corrected chi connectivity index (χ0v) is 19.6. The summed E-state index contributed by atoms with van der Waals surface area (Å²) in [6.07, 6.45) is 2.63. The van der Waals surface area contributed by atoms with Crippen LogP contribution in [0.2, 0.25) is 0 Å². The Labute approximate surface area is 194 Å². The van der Waals surface area contributed by atoms with Gasteiger partial charge in [0.2, 0.25) is 0 Å². The van der Waals surface area contributed by atoms with Gasteiger partial charge in [0, 0.05) is 24.6 Å². The number of sulfone groups is 1. The quantitative estimate of drug-likeness (QED) is 0.619. The number of amides is 1. The number of carbonyl (C=O) groups is 1. The Morgan fingerprint density at radius 2 is 1.82 bits per heavy atom. The van der Waals surface area contributed by atoms with E-state index < -0.39 is 15.9 Å². The lowest BCUT2D eigenvalue weighted by atomic mass is 9.95. The molecule has 7 nitrogen and oxygen atoms in total. The first-order chi connectivity index (χ1) is 15.8. The van der Waals surface area contributed by atoms with Crippen molar-refractivity contribution in [1.82, 2.24) is 9.55 Å². The van der Waals surface area contributed by atoms with E-state index in [1.165, 1.54) is 4.90 Å². The van der Waals surface area contributed by atoms with Gasteiger partial charge in [-0.25, -0.2) is 18.2 Å². The van der Waals surface area contributed by atoms with Crippen molar-refractivity contribution in [1.29, 1.82) is 0 Å². The van der Waals surface area contributed by atoms with E-state index in [4.69, 9.17) is 4.98 Å². The van der Waals surface area contributed by atoms with Crippen molar-refractivity contribution in [2.24, 2.45) is 5.92 Å². The lowest BCUT2D eigenvalue weighted by Crippen LogP contribution is -2.41. The van der Waals surface area contributed by atoms with Crippen LogP contribution in [0.1, 0.15) is 43.1 Å². The van der Waals surface area contributed by atoms with Crippen LogP contribution in [0.3, 0.4) is 0 Å². The average Bonchev–Trinajstić information content (AvgIpc) is 3.12. The zero-order valence-electron chi connectivity index (χ0n) is 18.8. The average molecular weight is 468 g/mol. The first-order valence-corrected chi connectivity index (χ1v) is 13.4. The van der Waals surface area contributed by atoms with E-state index in [2.05, 4.69) is 16.7 Å². The third kappa shape index (κ3) is 4.24. The third-order valence-corrected chi connectivity index (χ3v) is 8.83. The molecule has 3 aromatic rings. The highest BCUT2D eigenvalue weighted by Crippen LogP contribution is 2.37. The summed E-state index contributed by atoms with van der Waals surface area (Å²) in [5.41, 5.74) is 4.77. The number of nitrogens with zero attached hydrogens (tertiary/aromatic N) is 3. The van der Waals surface area contributed by atoms with Crippen molar-refractivity contribution in [3.8, 4) is 0 Å². The van der Waals surface area contributed by atoms with Crippen LogP contribution < -0.4 is 4.90 Å². The summed E-state index contributed by atoms with van der Waals surface area (Å²) in [6, 6.07) is 14.0. The van der Waals surface area contributed by atoms with Gasteiger partial charge in [0.1, 0.15) is 15.7 Å². The molecular weight excluding hydrogens is 438 g/mol. The second-order valence-electron chi connectivity index (χ2n) is 9.37. The van der Waals surface area contributed by atoms with Gasteiger partial charge in [-0.05, 0) is 56.2 Å². The molecule has 0 unspecified atom stereocenters. The van der Waals surface area contributed by atoms with E-state index >= 15 is 0 Å². The van der Waals surface area contributed by atoms with Gasteiger partial charge in [0.25, 0.3) is 0 Å². The largest absolute Gasteiger partial charge is 0.465 e. The zero-order chi connectivity index (χ0) is 23.2. The molecule has 5 rings (SSSR count). The van der Waals surface area contributed by atoms with Crippen molar-refractivity contribution in [3.05, 3.63) is 59.4 Å². The number of imidazole rings is 1. The summed E-state index contributed by atoms with van der Waals surface area (Å²) in [5, 5.41) is 9.79. The Hall–Kier alpha value is -2.87. The van der Waals surface area contributed by atoms with Crippen LogP contribution in [0.4, 0.5) is 10.5 Å². The molecule has 1 saturated heterocycles. The van der Waals surface area contributed by atoms with Gasteiger partial charge in [0.15, 0.2) is 0 Å². The van der Waals surface area contributed by atoms with Crippen LogP contribution in [0.25, 0.3) is 11.0 Å². The standard InChI is InChI=1S/C25H29N3O4S/c1-17-7-8-20-21(28(17)25(29)30)9-10-22-24(20)26-23(15-18-5-3-2-4-6-18)27(22)16-19-11-13-33(31,32)14-12-19/h2-6,9-10,17,19H,7-8,11-16H2,1H3,(H,29,30)/t17-/m0/s1. The maximum atomic E-state index is 11.9. The molecule has 0 radical (unpaired) electrons. The van der Waals surface area contributed by atoms with Crippen molar-refractivity contribution >= 4 is 32.7 Å². The Kier molecular flexibility index (Phi) is 5.64. The maximum absolute atomic E-state index is 11.9. The number of hydrogen-bond donors (Lipinski definition) is 1. The number of anilines is 1. The molecule has 33 heavy (non-hydrogen) atoms. The van der Waals surface area contributed by atoms with Crippen molar-refractivity contribution < 1.29 is 18.3 Å². The Morgan fingerprint density at radius 3 is 2.52 bits per heavy atom. The summed E-state index contributed by atoms with van der Waals surface area (Å²) in [7, 11) is -2.91. The van der Waals surface area contributed by atoms with Gasteiger partial charge in [-0.15, -0.1) is 0 Å². The molecule has 1 atom stereocenters. The minimum atomic E-state index is -2.91. The van der Waals surface area contributed by atoms with Crippen LogP contribution in [0.15, 0.2) is 42.5 Å². The second kappa shape index (κ2) is 8.48. The van der Waals surface area contributed by atoms with Gasteiger partial charge >= 0.3 is 6.09 Å². The molecule has 2 aliphatic rings. The fourth-order valence-electron chi connectivity index (χ4n) is 5.26. The monoisotopic (exact) mass is 467 g/mol. The number of rotatable bonds is 4. The fraction of sp³-hybridized carbons (Fsp3) is 0.440. The van der Waals surface area contributed by atoms with Crippen LogP contribution >= 0.6 is 0 Å². The third-order valence-electron chi connectivity index (χ3n) is 7.12. The number of fused-ring (bicyclic) bond motifs is 3. The number of aromatic nitrogens is 2. The molecule has 1 amide bonds. The SMILES string of the molecule is C[C@H]1CCc2c(ccc3c2nc(Cc2ccccc2)n3CC2CCS(=O)(=O)CC2)N1C(=O)O. The molecule has 0 saturated carbocycles. The number of aryl methyl sites for hydroxylation is 1. The number of carboxylic acid groups (broad SMARTS) is 1. The van der Waals surface area contributed by atoms with Crippen molar-refractivity contribution in [2.75, 3.05) is 16.4 Å². The molecule has 8 heteroatoms. The van der Waals surface area contributed by atoms with Crippen molar-refractivity contribution in [2.45, 2.75) is 51.6 Å². The summed E-state index contributed by atoms with van der Waals surface area (Å²) in [6.45, 7) is 2.67. The van der Waals surface area contributed by atoms with E-state index in [1.807, 2.05) is 37.3 Å². The highest BCUT2D eigenvalue weighted by Gasteiger charge is 2.31. The predicted octanol–water partition coefficient (Wildman–Crippen LogP) is 4.27. The molecule has 1 aromatic heterocycles. The molecule has 2 aromatic carbocycles. The molecule has 1 N–H and O–H groups in total. The highest BCUT2D eigenvalue weighted by molar-refractivity contribution is 7.91. The minimum Gasteiger partial charge on any atom is -0.465 e. The highest BCUT2D eigenvalue weighted by atomic mass is 32.2. The Morgan fingerprint density at radius 1 is 1.09 bits per heavy atom. The van der Waals surface area contributed by atoms with E-state index in [0.717, 1.165) is 53.1 Å². The van der Waals surface area contributed by atoms with Crippen LogP contribution in [0.5, 0.6) is 0 Å². The molecule has 3 heterocycles. The number of benzene rings is 2. The van der Waals surface area contributed by atoms with E-state index in [-0.39, 0.29) is 23.5 Å². The van der Waals surface area contributed by atoms with E-state index in [1.54, 1.807) is 0 Å². The lowest BCUT2D eigenvalue weighted by molar-refractivity contribution is 0.198. The Balaban J connectivity index is 1.59. The van der Waals surface area contributed by atoms with Crippen LogP contribution in [-0.4, -0.2) is 46.7 Å². The normalized spacial score (nSPS) is 20.6. The lowest BCUT2D eigenvalue weighted by Gasteiger charge is -2.33. The molecule has 0 bridgehead atoms. The van der Waals surface area contributed by atoms with E-state index in [0.29, 0.717) is 19.3 Å². The summed E-state index contributed by atoms with van der Waals surface area (Å²) in [4.78, 5) is 18.5. The van der Waals surface area contributed by atoms with Gasteiger partial charge < -0.3 is 9.67 Å².